The second kappa shape index (κ2) is 9.43. The van der Waals surface area contributed by atoms with Gasteiger partial charge in [-0.3, -0.25) is 9.36 Å². The first-order valence-corrected chi connectivity index (χ1v) is 12.6. The van der Waals surface area contributed by atoms with E-state index in [-0.39, 0.29) is 17.5 Å². The van der Waals surface area contributed by atoms with E-state index >= 15 is 0 Å². The zero-order valence-corrected chi connectivity index (χ0v) is 20.8. The van der Waals surface area contributed by atoms with Crippen LogP contribution >= 0.6 is 30.0 Å². The molecule has 0 spiro atoms. The Balaban J connectivity index is 1.88. The molecule has 2 aromatic heterocycles. The third-order valence-corrected chi connectivity index (χ3v) is 8.29. The molecule has 2 aromatic carbocycles. The summed E-state index contributed by atoms with van der Waals surface area (Å²) in [5.74, 6) is -0.444. The number of H-pyrrole nitrogens is 1. The van der Waals surface area contributed by atoms with E-state index in [4.69, 9.17) is 4.52 Å². The summed E-state index contributed by atoms with van der Waals surface area (Å²) in [6.07, 6.45) is 3.00. The minimum Gasteiger partial charge on any atom is -0.350 e. The van der Waals surface area contributed by atoms with Crippen LogP contribution < -0.4 is 15.9 Å². The first-order valence-electron chi connectivity index (χ1n) is 9.88. The van der Waals surface area contributed by atoms with E-state index in [1.165, 1.54) is 13.4 Å². The Labute approximate surface area is 204 Å². The van der Waals surface area contributed by atoms with E-state index in [9.17, 15) is 14.6 Å². The van der Waals surface area contributed by atoms with Crippen molar-refractivity contribution in [2.24, 2.45) is 0 Å². The number of aromatic nitrogens is 3. The van der Waals surface area contributed by atoms with Gasteiger partial charge in [0, 0.05) is 33.1 Å². The quantitative estimate of drug-likeness (QED) is 0.270. The molecule has 2 heterocycles. The molecular formula is C23H19IN5O3P. The van der Waals surface area contributed by atoms with Gasteiger partial charge in [0.2, 0.25) is 0 Å². The number of amides is 1. The Hall–Kier alpha value is -3.06. The fraction of sp³-hybridized carbons (Fsp3) is 0.130. The van der Waals surface area contributed by atoms with Gasteiger partial charge in [-0.2, -0.15) is 5.26 Å². The van der Waals surface area contributed by atoms with Gasteiger partial charge in [-0.1, -0.05) is 0 Å². The molecular weight excluding hydrogens is 552 g/mol. The highest BCUT2D eigenvalue weighted by Crippen LogP contribution is 2.47. The third-order valence-electron chi connectivity index (χ3n) is 5.12. The lowest BCUT2D eigenvalue weighted by atomic mass is 10.2. The molecule has 0 aliphatic carbocycles. The Morgan fingerprint density at radius 1 is 1.27 bits per heavy atom. The first kappa shape index (κ1) is 23.1. The highest BCUT2D eigenvalue weighted by molar-refractivity contribution is 14.1. The van der Waals surface area contributed by atoms with E-state index in [0.717, 1.165) is 9.13 Å². The van der Waals surface area contributed by atoms with Crippen LogP contribution in [0.4, 0.5) is 0 Å². The standard InChI is InChI=1S/C23H19IN5O3P/c1-14-7-15(11-25)9-18(8-14)33(31,32-2)22-19-10-16(24)3-4-20(19)29-21(22)23(30)27-12-17-5-6-26-13-28-17/h3-10,13,29H,12H2,1-2H3,(H,27,30). The topological polar surface area (TPSA) is 121 Å². The molecule has 8 nitrogen and oxygen atoms in total. The minimum absolute atomic E-state index is 0.145. The van der Waals surface area contributed by atoms with Crippen LogP contribution in [0.1, 0.15) is 27.3 Å². The highest BCUT2D eigenvalue weighted by Gasteiger charge is 2.36. The predicted molar refractivity (Wildman–Crippen MR) is 134 cm³/mol. The molecule has 4 rings (SSSR count). The van der Waals surface area contributed by atoms with Crippen LogP contribution in [0.2, 0.25) is 0 Å². The van der Waals surface area contributed by atoms with Crippen molar-refractivity contribution >= 4 is 57.4 Å². The maximum Gasteiger partial charge on any atom is 0.268 e. The van der Waals surface area contributed by atoms with Crippen molar-refractivity contribution in [2.45, 2.75) is 13.5 Å². The van der Waals surface area contributed by atoms with E-state index in [2.05, 4.69) is 48.9 Å². The molecule has 2 N–H and O–H groups in total. The van der Waals surface area contributed by atoms with Crippen LogP contribution in [-0.4, -0.2) is 28.0 Å². The number of nitrogens with one attached hydrogen (secondary N) is 2. The highest BCUT2D eigenvalue weighted by atomic mass is 127. The Bertz CT molecular complexity index is 1450. The second-order valence-corrected chi connectivity index (χ2v) is 11.0. The van der Waals surface area contributed by atoms with Gasteiger partial charge in [-0.15, -0.1) is 0 Å². The average Bonchev–Trinajstić information content (AvgIpc) is 3.21. The SMILES string of the molecule is COP(=O)(c1cc(C)cc(C#N)c1)c1c(C(=O)NCc2ccncn2)[nH]c2ccc(I)cc12. The van der Waals surface area contributed by atoms with Gasteiger partial charge >= 0.3 is 0 Å². The van der Waals surface area contributed by atoms with Crippen molar-refractivity contribution in [3.8, 4) is 6.07 Å². The van der Waals surface area contributed by atoms with Gasteiger partial charge in [0.1, 0.15) is 12.0 Å². The maximum atomic E-state index is 14.4. The molecule has 1 unspecified atom stereocenters. The van der Waals surface area contributed by atoms with Gasteiger partial charge in [-0.25, -0.2) is 9.97 Å². The van der Waals surface area contributed by atoms with Gasteiger partial charge < -0.3 is 14.8 Å². The van der Waals surface area contributed by atoms with E-state index in [1.807, 2.05) is 25.1 Å². The van der Waals surface area contributed by atoms with Crippen molar-refractivity contribution in [1.82, 2.24) is 20.3 Å². The summed E-state index contributed by atoms with van der Waals surface area (Å²) in [6.45, 7) is 1.99. The predicted octanol–water partition coefficient (Wildman–Crippen LogP) is 3.55. The molecule has 0 aliphatic rings. The lowest BCUT2D eigenvalue weighted by Gasteiger charge is -2.19. The lowest BCUT2D eigenvalue weighted by Crippen LogP contribution is -2.30. The normalized spacial score (nSPS) is 12.8. The monoisotopic (exact) mass is 571 g/mol. The molecule has 1 atom stereocenters. The second-order valence-electron chi connectivity index (χ2n) is 7.33. The van der Waals surface area contributed by atoms with Crippen molar-refractivity contribution in [2.75, 3.05) is 7.11 Å². The number of benzene rings is 2. The van der Waals surface area contributed by atoms with Gasteiger partial charge in [-0.05, 0) is 77.5 Å². The van der Waals surface area contributed by atoms with Crippen LogP contribution in [-0.2, 0) is 15.6 Å². The summed E-state index contributed by atoms with van der Waals surface area (Å²) >= 11 is 2.16. The summed E-state index contributed by atoms with van der Waals surface area (Å²) in [7, 11) is -2.40. The number of halogens is 1. The molecule has 166 valence electrons. The average molecular weight is 571 g/mol. The summed E-state index contributed by atoms with van der Waals surface area (Å²) < 4.78 is 21.0. The van der Waals surface area contributed by atoms with Crippen LogP contribution in [0, 0.1) is 21.8 Å². The summed E-state index contributed by atoms with van der Waals surface area (Å²) in [5, 5.41) is 13.5. The molecule has 10 heteroatoms. The Kier molecular flexibility index (Phi) is 6.61. The van der Waals surface area contributed by atoms with Crippen LogP contribution in [0.25, 0.3) is 10.9 Å². The number of aryl methyl sites for hydroxylation is 1. The summed E-state index contributed by atoms with van der Waals surface area (Å²) in [6, 6.07) is 14.4. The molecule has 0 aliphatic heterocycles. The maximum absolute atomic E-state index is 14.4. The van der Waals surface area contributed by atoms with Gasteiger partial charge in [0.15, 0.2) is 0 Å². The van der Waals surface area contributed by atoms with Crippen molar-refractivity contribution in [3.05, 3.63) is 81.1 Å². The molecule has 0 bridgehead atoms. The Morgan fingerprint density at radius 2 is 2.09 bits per heavy atom. The van der Waals surface area contributed by atoms with Crippen LogP contribution in [0.5, 0.6) is 0 Å². The first-order chi connectivity index (χ1) is 15.9. The van der Waals surface area contributed by atoms with Crippen molar-refractivity contribution < 1.29 is 13.9 Å². The number of aromatic amines is 1. The number of hydrogen-bond donors (Lipinski definition) is 2. The van der Waals surface area contributed by atoms with Gasteiger partial charge in [0.05, 0.1) is 29.2 Å². The molecule has 33 heavy (non-hydrogen) atoms. The summed E-state index contributed by atoms with van der Waals surface area (Å²) in [4.78, 5) is 24.4. The van der Waals surface area contributed by atoms with Crippen molar-refractivity contribution in [1.29, 1.82) is 5.26 Å². The lowest BCUT2D eigenvalue weighted by molar-refractivity contribution is 0.0947. The van der Waals surface area contributed by atoms with Crippen LogP contribution in [0.3, 0.4) is 0 Å². The molecule has 0 radical (unpaired) electrons. The fourth-order valence-corrected chi connectivity index (χ4v) is 6.40. The zero-order chi connectivity index (χ0) is 23.6. The van der Waals surface area contributed by atoms with Gasteiger partial charge in [0.25, 0.3) is 13.3 Å². The van der Waals surface area contributed by atoms with E-state index < -0.39 is 13.3 Å². The fourth-order valence-electron chi connectivity index (χ4n) is 3.63. The zero-order valence-electron chi connectivity index (χ0n) is 17.8. The van der Waals surface area contributed by atoms with Crippen molar-refractivity contribution in [3.63, 3.8) is 0 Å². The number of rotatable bonds is 6. The molecule has 0 fully saturated rings. The Morgan fingerprint density at radius 3 is 2.79 bits per heavy atom. The number of fused-ring (bicyclic) bond motifs is 1. The largest absolute Gasteiger partial charge is 0.350 e. The number of carbonyl (C=O) groups is 1. The number of hydrogen-bond acceptors (Lipinski definition) is 6. The smallest absolute Gasteiger partial charge is 0.268 e. The third kappa shape index (κ3) is 4.55. The van der Waals surface area contributed by atoms with E-state index in [1.54, 1.807) is 30.5 Å². The number of carbonyl (C=O) groups excluding carboxylic acids is 1. The number of nitrogens with zero attached hydrogens (tertiary/aromatic N) is 3. The minimum atomic E-state index is -3.75. The summed E-state index contributed by atoms with van der Waals surface area (Å²) in [5.41, 5.74) is 2.57. The molecule has 0 saturated heterocycles. The molecule has 1 amide bonds. The number of nitriles is 1. The molecule has 0 saturated carbocycles. The van der Waals surface area contributed by atoms with E-state index in [0.29, 0.717) is 27.5 Å². The molecule has 4 aromatic rings. The van der Waals surface area contributed by atoms with Crippen LogP contribution in [0.15, 0.2) is 55.0 Å².